The number of fused-ring (bicyclic) bond motifs is 1. The number of para-hydroxylation sites is 2. The van der Waals surface area contributed by atoms with Crippen molar-refractivity contribution in [2.45, 2.75) is 11.0 Å². The van der Waals surface area contributed by atoms with Crippen LogP contribution < -0.4 is 29.2 Å². The number of carbonyl (C=O) groups excluding carboxylic acids is 1. The van der Waals surface area contributed by atoms with Gasteiger partial charge in [-0.05, 0) is 24.3 Å². The highest BCUT2D eigenvalue weighted by molar-refractivity contribution is 7.89. The third-order valence-corrected chi connectivity index (χ3v) is 5.04. The predicted molar refractivity (Wildman–Crippen MR) is 94.4 cm³/mol. The molecule has 1 amide bonds. The molecule has 0 saturated carbocycles. The Morgan fingerprint density at radius 2 is 1.85 bits per heavy atom. The molecule has 0 unspecified atom stereocenters. The first kappa shape index (κ1) is 18.8. The second-order valence-corrected chi connectivity index (χ2v) is 7.13. The minimum Gasteiger partial charge on any atom is -0.497 e. The molecule has 3 rings (SSSR count). The highest BCUT2D eigenvalue weighted by Crippen LogP contribution is 2.31. The maximum absolute atomic E-state index is 12.5. The molecule has 0 spiro atoms. The lowest BCUT2D eigenvalue weighted by molar-refractivity contribution is -0.130. The minimum absolute atomic E-state index is 0.0486. The Bertz CT molecular complexity index is 946. The first-order chi connectivity index (χ1) is 12.9. The second kappa shape index (κ2) is 7.72. The standard InChI is InChI=1S/C17H18N2O7S/c1-23-11-7-8-14(24-2)16(9-11)27(21,22)19-18-17(20)15-10-25-12-5-3-4-6-13(12)26-15/h3-9,15,19H,10H2,1-2H3,(H,18,20)/t15-/m0/s1. The molecule has 1 atom stereocenters. The summed E-state index contributed by atoms with van der Waals surface area (Å²) < 4.78 is 46.1. The average Bonchev–Trinajstić information content (AvgIpc) is 2.71. The van der Waals surface area contributed by atoms with Crippen molar-refractivity contribution in [1.82, 2.24) is 10.3 Å². The molecule has 0 aromatic heterocycles. The van der Waals surface area contributed by atoms with Crippen LogP contribution in [-0.4, -0.2) is 41.3 Å². The van der Waals surface area contributed by atoms with Gasteiger partial charge in [0.15, 0.2) is 11.5 Å². The number of methoxy groups -OCH3 is 2. The lowest BCUT2D eigenvalue weighted by Crippen LogP contribution is -2.50. The molecule has 2 N–H and O–H groups in total. The van der Waals surface area contributed by atoms with Crippen LogP contribution in [0.2, 0.25) is 0 Å². The Labute approximate surface area is 156 Å². The lowest BCUT2D eigenvalue weighted by atomic mass is 10.2. The van der Waals surface area contributed by atoms with Crippen LogP contribution in [0, 0.1) is 0 Å². The summed E-state index contributed by atoms with van der Waals surface area (Å²) in [5.41, 5.74) is 2.13. The molecule has 2 aromatic carbocycles. The Morgan fingerprint density at radius 3 is 2.56 bits per heavy atom. The highest BCUT2D eigenvalue weighted by Gasteiger charge is 2.29. The molecule has 0 radical (unpaired) electrons. The molecule has 0 aliphatic carbocycles. The van der Waals surface area contributed by atoms with Crippen molar-refractivity contribution in [3.63, 3.8) is 0 Å². The van der Waals surface area contributed by atoms with Gasteiger partial charge in [-0.25, -0.2) is 8.42 Å². The van der Waals surface area contributed by atoms with E-state index in [2.05, 4.69) is 5.43 Å². The van der Waals surface area contributed by atoms with Gasteiger partial charge in [-0.1, -0.05) is 12.1 Å². The monoisotopic (exact) mass is 394 g/mol. The van der Waals surface area contributed by atoms with Crippen LogP contribution in [-0.2, 0) is 14.8 Å². The number of amides is 1. The zero-order valence-corrected chi connectivity index (χ0v) is 15.4. The van der Waals surface area contributed by atoms with E-state index in [0.29, 0.717) is 17.2 Å². The molecule has 144 valence electrons. The summed E-state index contributed by atoms with van der Waals surface area (Å²) in [5, 5.41) is 0. The van der Waals surface area contributed by atoms with Gasteiger partial charge in [0.05, 0.1) is 14.2 Å². The molecule has 0 fully saturated rings. The Morgan fingerprint density at radius 1 is 1.11 bits per heavy atom. The smallest absolute Gasteiger partial charge is 0.279 e. The Kier molecular flexibility index (Phi) is 5.38. The topological polar surface area (TPSA) is 112 Å². The number of rotatable bonds is 6. The zero-order chi connectivity index (χ0) is 19.4. The van der Waals surface area contributed by atoms with Gasteiger partial charge in [0.1, 0.15) is 23.0 Å². The number of carbonyl (C=O) groups is 1. The summed E-state index contributed by atoms with van der Waals surface area (Å²) in [5.74, 6) is 0.645. The fourth-order valence-corrected chi connectivity index (χ4v) is 3.43. The van der Waals surface area contributed by atoms with Crippen molar-refractivity contribution in [2.24, 2.45) is 0 Å². The number of benzene rings is 2. The number of ether oxygens (including phenoxy) is 4. The molecule has 1 aliphatic rings. The first-order valence-corrected chi connectivity index (χ1v) is 9.35. The van der Waals surface area contributed by atoms with Gasteiger partial charge >= 0.3 is 0 Å². The fraction of sp³-hybridized carbons (Fsp3) is 0.235. The van der Waals surface area contributed by atoms with E-state index >= 15 is 0 Å². The van der Waals surface area contributed by atoms with Crippen LogP contribution >= 0.6 is 0 Å². The third kappa shape index (κ3) is 4.07. The minimum atomic E-state index is -4.11. The van der Waals surface area contributed by atoms with Crippen LogP contribution in [0.1, 0.15) is 0 Å². The van der Waals surface area contributed by atoms with E-state index in [1.807, 2.05) is 4.83 Å². The van der Waals surface area contributed by atoms with Gasteiger partial charge in [-0.2, -0.15) is 0 Å². The second-order valence-electron chi connectivity index (χ2n) is 5.48. The third-order valence-electron chi connectivity index (χ3n) is 3.77. The normalized spacial score (nSPS) is 15.7. The summed E-state index contributed by atoms with van der Waals surface area (Å²) in [6.07, 6.45) is -1.00. The van der Waals surface area contributed by atoms with E-state index in [1.165, 1.54) is 26.4 Å². The first-order valence-electron chi connectivity index (χ1n) is 7.87. The van der Waals surface area contributed by atoms with Crippen molar-refractivity contribution in [1.29, 1.82) is 0 Å². The van der Waals surface area contributed by atoms with Crippen molar-refractivity contribution in [2.75, 3.05) is 20.8 Å². The van der Waals surface area contributed by atoms with E-state index < -0.39 is 22.0 Å². The summed E-state index contributed by atoms with van der Waals surface area (Å²) in [6, 6.07) is 11.2. The summed E-state index contributed by atoms with van der Waals surface area (Å²) in [4.78, 5) is 14.1. The maximum Gasteiger partial charge on any atom is 0.279 e. The molecular formula is C17H18N2O7S. The number of sulfonamides is 1. The maximum atomic E-state index is 12.5. The molecule has 2 aromatic rings. The number of hydrazine groups is 1. The molecule has 0 bridgehead atoms. The summed E-state index contributed by atoms with van der Waals surface area (Å²) in [6.45, 7) is -0.0486. The average molecular weight is 394 g/mol. The van der Waals surface area contributed by atoms with Gasteiger partial charge < -0.3 is 18.9 Å². The number of nitrogens with one attached hydrogen (secondary N) is 2. The van der Waals surface area contributed by atoms with Gasteiger partial charge in [-0.3, -0.25) is 10.2 Å². The van der Waals surface area contributed by atoms with E-state index in [9.17, 15) is 13.2 Å². The van der Waals surface area contributed by atoms with Crippen LogP contribution in [0.3, 0.4) is 0 Å². The van der Waals surface area contributed by atoms with Crippen LogP contribution in [0.25, 0.3) is 0 Å². The van der Waals surface area contributed by atoms with Crippen molar-refractivity contribution in [3.05, 3.63) is 42.5 Å². The Hall–Kier alpha value is -2.98. The van der Waals surface area contributed by atoms with E-state index in [1.54, 1.807) is 30.3 Å². The summed E-state index contributed by atoms with van der Waals surface area (Å²) in [7, 11) is -1.37. The fourth-order valence-electron chi connectivity index (χ4n) is 2.40. The van der Waals surface area contributed by atoms with Gasteiger partial charge in [0, 0.05) is 6.07 Å². The molecule has 10 heteroatoms. The van der Waals surface area contributed by atoms with Crippen LogP contribution in [0.4, 0.5) is 0 Å². The largest absolute Gasteiger partial charge is 0.497 e. The van der Waals surface area contributed by atoms with Crippen molar-refractivity contribution >= 4 is 15.9 Å². The van der Waals surface area contributed by atoms with Gasteiger partial charge in [-0.15, -0.1) is 4.83 Å². The SMILES string of the molecule is COc1ccc(OC)c(S(=O)(=O)NNC(=O)[C@@H]2COc3ccccc3O2)c1. The molecule has 27 heavy (non-hydrogen) atoms. The Balaban J connectivity index is 1.70. The van der Waals surface area contributed by atoms with E-state index in [-0.39, 0.29) is 17.3 Å². The number of hydrogen-bond donors (Lipinski definition) is 2. The zero-order valence-electron chi connectivity index (χ0n) is 14.6. The van der Waals surface area contributed by atoms with Crippen molar-refractivity contribution < 1.29 is 32.2 Å². The molecule has 0 saturated heterocycles. The van der Waals surface area contributed by atoms with Crippen LogP contribution in [0.5, 0.6) is 23.0 Å². The molecular weight excluding hydrogens is 376 g/mol. The molecule has 1 heterocycles. The predicted octanol–water partition coefficient (Wildman–Crippen LogP) is 0.853. The quantitative estimate of drug-likeness (QED) is 0.699. The van der Waals surface area contributed by atoms with Crippen LogP contribution in [0.15, 0.2) is 47.4 Å². The van der Waals surface area contributed by atoms with Crippen molar-refractivity contribution in [3.8, 4) is 23.0 Å². The van der Waals surface area contributed by atoms with E-state index in [0.717, 1.165) is 0 Å². The van der Waals surface area contributed by atoms with Gasteiger partial charge in [0.25, 0.3) is 15.9 Å². The number of hydrogen-bond acceptors (Lipinski definition) is 7. The molecule has 1 aliphatic heterocycles. The van der Waals surface area contributed by atoms with Gasteiger partial charge in [0.2, 0.25) is 6.10 Å². The highest BCUT2D eigenvalue weighted by atomic mass is 32.2. The summed E-state index contributed by atoms with van der Waals surface area (Å²) >= 11 is 0. The van der Waals surface area contributed by atoms with E-state index in [4.69, 9.17) is 18.9 Å². The molecule has 9 nitrogen and oxygen atoms in total. The lowest BCUT2D eigenvalue weighted by Gasteiger charge is -2.25.